The van der Waals surface area contributed by atoms with Crippen molar-refractivity contribution in [1.82, 2.24) is 0 Å². The Bertz CT molecular complexity index is 291. The van der Waals surface area contributed by atoms with Crippen molar-refractivity contribution in [2.24, 2.45) is 5.73 Å². The maximum Gasteiger partial charge on any atom is 0.128 e. The van der Waals surface area contributed by atoms with E-state index in [-0.39, 0.29) is 11.4 Å². The van der Waals surface area contributed by atoms with Crippen LogP contribution in [0.5, 0.6) is 0 Å². The van der Waals surface area contributed by atoms with Crippen molar-refractivity contribution in [3.05, 3.63) is 33.8 Å². The number of alkyl halides is 1. The van der Waals surface area contributed by atoms with Crippen molar-refractivity contribution >= 4 is 23.2 Å². The van der Waals surface area contributed by atoms with Gasteiger partial charge in [-0.05, 0) is 19.0 Å². The van der Waals surface area contributed by atoms with E-state index < -0.39 is 6.17 Å². The molecule has 1 aromatic rings. The van der Waals surface area contributed by atoms with Gasteiger partial charge in [0.25, 0.3) is 0 Å². The lowest BCUT2D eigenvalue weighted by Crippen LogP contribution is -2.04. The zero-order chi connectivity index (χ0) is 9.84. The highest BCUT2D eigenvalue weighted by Crippen LogP contribution is 2.32. The summed E-state index contributed by atoms with van der Waals surface area (Å²) in [5.74, 6) is 0. The lowest BCUT2D eigenvalue weighted by molar-refractivity contribution is 0.328. The van der Waals surface area contributed by atoms with Crippen LogP contribution >= 0.6 is 23.2 Å². The van der Waals surface area contributed by atoms with E-state index in [1.54, 1.807) is 18.2 Å². The maximum atomic E-state index is 13.4. The lowest BCUT2D eigenvalue weighted by Gasteiger charge is -2.09. The van der Waals surface area contributed by atoms with Crippen LogP contribution < -0.4 is 5.73 Å². The molecule has 0 radical (unpaired) electrons. The van der Waals surface area contributed by atoms with E-state index in [1.165, 1.54) is 0 Å². The Kier molecular flexibility index (Phi) is 3.97. The van der Waals surface area contributed by atoms with E-state index in [9.17, 15) is 4.39 Å². The molecule has 72 valence electrons. The topological polar surface area (TPSA) is 26.0 Å². The van der Waals surface area contributed by atoms with E-state index in [0.717, 1.165) is 0 Å². The largest absolute Gasteiger partial charge is 0.330 e. The van der Waals surface area contributed by atoms with Crippen molar-refractivity contribution in [2.45, 2.75) is 12.6 Å². The van der Waals surface area contributed by atoms with E-state index in [2.05, 4.69) is 0 Å². The lowest BCUT2D eigenvalue weighted by atomic mass is 10.1. The van der Waals surface area contributed by atoms with Gasteiger partial charge in [-0.25, -0.2) is 4.39 Å². The van der Waals surface area contributed by atoms with Gasteiger partial charge >= 0.3 is 0 Å². The number of rotatable bonds is 3. The van der Waals surface area contributed by atoms with Crippen LogP contribution in [0.4, 0.5) is 4.39 Å². The molecule has 0 aliphatic rings. The quantitative estimate of drug-likeness (QED) is 0.833. The summed E-state index contributed by atoms with van der Waals surface area (Å²) in [5, 5.41) is 0.656. The van der Waals surface area contributed by atoms with Crippen LogP contribution in [0.15, 0.2) is 18.2 Å². The standard InChI is InChI=1S/C9H10Cl2FN/c10-7-3-1-2-6(9(7)11)8(12)4-5-13/h1-3,8H,4-5,13H2. The van der Waals surface area contributed by atoms with Crippen LogP contribution in [-0.2, 0) is 0 Å². The molecule has 0 aromatic heterocycles. The molecule has 13 heavy (non-hydrogen) atoms. The fourth-order valence-corrected chi connectivity index (χ4v) is 1.49. The van der Waals surface area contributed by atoms with E-state index >= 15 is 0 Å². The van der Waals surface area contributed by atoms with Crippen molar-refractivity contribution in [2.75, 3.05) is 6.54 Å². The first-order chi connectivity index (χ1) is 6.16. The summed E-state index contributed by atoms with van der Waals surface area (Å²) in [6.07, 6.45) is -0.865. The molecule has 1 nitrogen and oxygen atoms in total. The highest BCUT2D eigenvalue weighted by Gasteiger charge is 2.13. The van der Waals surface area contributed by atoms with Crippen molar-refractivity contribution < 1.29 is 4.39 Å². The van der Waals surface area contributed by atoms with Crippen LogP contribution in [0, 0.1) is 0 Å². The number of hydrogen-bond donors (Lipinski definition) is 1. The second-order valence-corrected chi connectivity index (χ2v) is 3.47. The minimum Gasteiger partial charge on any atom is -0.330 e. The zero-order valence-electron chi connectivity index (χ0n) is 6.93. The Balaban J connectivity index is 2.93. The normalized spacial score (nSPS) is 12.9. The van der Waals surface area contributed by atoms with Gasteiger partial charge in [0, 0.05) is 5.56 Å². The average Bonchev–Trinajstić information content (AvgIpc) is 2.10. The average molecular weight is 222 g/mol. The summed E-state index contributed by atoms with van der Waals surface area (Å²) in [4.78, 5) is 0. The highest BCUT2D eigenvalue weighted by atomic mass is 35.5. The monoisotopic (exact) mass is 221 g/mol. The second kappa shape index (κ2) is 4.80. The molecule has 1 unspecified atom stereocenters. The molecular formula is C9H10Cl2FN. The Morgan fingerprint density at radius 3 is 2.69 bits per heavy atom. The molecule has 0 saturated heterocycles. The summed E-state index contributed by atoms with van der Waals surface area (Å²) in [7, 11) is 0. The molecule has 1 aromatic carbocycles. The molecule has 1 rings (SSSR count). The van der Waals surface area contributed by atoms with Crippen LogP contribution in [0.2, 0.25) is 10.0 Å². The van der Waals surface area contributed by atoms with Crippen LogP contribution in [0.25, 0.3) is 0 Å². The summed E-state index contributed by atoms with van der Waals surface area (Å²) in [6, 6.07) is 4.92. The Morgan fingerprint density at radius 1 is 1.38 bits per heavy atom. The summed E-state index contributed by atoms with van der Waals surface area (Å²) >= 11 is 11.5. The highest BCUT2D eigenvalue weighted by molar-refractivity contribution is 6.42. The van der Waals surface area contributed by atoms with Gasteiger partial charge in [0.1, 0.15) is 6.17 Å². The number of halogens is 3. The van der Waals surface area contributed by atoms with Gasteiger partial charge in [0.05, 0.1) is 10.0 Å². The molecule has 0 aliphatic carbocycles. The molecule has 0 fully saturated rings. The molecule has 2 N–H and O–H groups in total. The number of hydrogen-bond acceptors (Lipinski definition) is 1. The molecular weight excluding hydrogens is 212 g/mol. The first-order valence-electron chi connectivity index (χ1n) is 3.95. The predicted octanol–water partition coefficient (Wildman–Crippen LogP) is 3.35. The molecule has 0 saturated carbocycles. The third kappa shape index (κ3) is 2.56. The van der Waals surface area contributed by atoms with Gasteiger partial charge in [-0.15, -0.1) is 0 Å². The first kappa shape index (κ1) is 10.8. The van der Waals surface area contributed by atoms with Gasteiger partial charge < -0.3 is 5.73 Å². The van der Waals surface area contributed by atoms with E-state index in [1.807, 2.05) is 0 Å². The van der Waals surface area contributed by atoms with Crippen molar-refractivity contribution in [3.63, 3.8) is 0 Å². The molecule has 0 spiro atoms. The first-order valence-corrected chi connectivity index (χ1v) is 4.70. The minimum absolute atomic E-state index is 0.264. The molecule has 0 heterocycles. The second-order valence-electron chi connectivity index (χ2n) is 2.69. The van der Waals surface area contributed by atoms with Gasteiger partial charge in [0.2, 0.25) is 0 Å². The SMILES string of the molecule is NCCC(F)c1cccc(Cl)c1Cl. The minimum atomic E-state index is -1.13. The van der Waals surface area contributed by atoms with Crippen LogP contribution in [0.1, 0.15) is 18.2 Å². The predicted molar refractivity (Wildman–Crippen MR) is 54.0 cm³/mol. The van der Waals surface area contributed by atoms with E-state index in [4.69, 9.17) is 28.9 Å². The number of benzene rings is 1. The molecule has 0 bridgehead atoms. The summed E-state index contributed by atoms with van der Waals surface area (Å²) in [6.45, 7) is 0.296. The van der Waals surface area contributed by atoms with Crippen molar-refractivity contribution in [1.29, 1.82) is 0 Å². The fourth-order valence-electron chi connectivity index (χ4n) is 1.06. The Morgan fingerprint density at radius 2 is 2.08 bits per heavy atom. The van der Waals surface area contributed by atoms with Crippen LogP contribution in [-0.4, -0.2) is 6.54 Å². The van der Waals surface area contributed by atoms with Gasteiger partial charge in [-0.3, -0.25) is 0 Å². The van der Waals surface area contributed by atoms with E-state index in [0.29, 0.717) is 17.1 Å². The maximum absolute atomic E-state index is 13.4. The number of nitrogens with two attached hydrogens (primary N) is 1. The Labute approximate surface area is 86.6 Å². The van der Waals surface area contributed by atoms with Gasteiger partial charge in [-0.2, -0.15) is 0 Å². The van der Waals surface area contributed by atoms with Gasteiger partial charge in [-0.1, -0.05) is 35.3 Å². The third-order valence-electron chi connectivity index (χ3n) is 1.74. The summed E-state index contributed by atoms with van der Waals surface area (Å²) in [5.41, 5.74) is 5.66. The van der Waals surface area contributed by atoms with Crippen LogP contribution in [0.3, 0.4) is 0 Å². The molecule has 0 aliphatic heterocycles. The smallest absolute Gasteiger partial charge is 0.128 e. The molecule has 4 heteroatoms. The summed E-state index contributed by atoms with van der Waals surface area (Å²) < 4.78 is 13.4. The van der Waals surface area contributed by atoms with Gasteiger partial charge in [0.15, 0.2) is 0 Å². The molecule has 1 atom stereocenters. The zero-order valence-corrected chi connectivity index (χ0v) is 8.45. The fraction of sp³-hybridized carbons (Fsp3) is 0.333. The Hall–Kier alpha value is -0.310. The molecule has 0 amide bonds. The van der Waals surface area contributed by atoms with Crippen molar-refractivity contribution in [3.8, 4) is 0 Å². The third-order valence-corrected chi connectivity index (χ3v) is 2.57.